The number of halogens is 1. The Morgan fingerprint density at radius 1 is 1.23 bits per heavy atom. The second-order valence-corrected chi connectivity index (χ2v) is 7.14. The van der Waals surface area contributed by atoms with E-state index in [2.05, 4.69) is 26.8 Å². The molecular weight excluding hydrogens is 348 g/mol. The minimum Gasteiger partial charge on any atom is -0.378 e. The van der Waals surface area contributed by atoms with Crippen molar-refractivity contribution in [1.29, 1.82) is 0 Å². The van der Waals surface area contributed by atoms with Gasteiger partial charge in [-0.05, 0) is 43.9 Å². The number of aromatic amines is 1. The van der Waals surface area contributed by atoms with Gasteiger partial charge in [0.15, 0.2) is 0 Å². The van der Waals surface area contributed by atoms with Crippen LogP contribution in [0.3, 0.4) is 0 Å². The predicted molar refractivity (Wildman–Crippen MR) is 104 cm³/mol. The first-order chi connectivity index (χ1) is 12.5. The molecule has 1 aliphatic carbocycles. The third-order valence-corrected chi connectivity index (χ3v) is 5.10. The highest BCUT2D eigenvalue weighted by Gasteiger charge is 2.26. The average Bonchev–Trinajstić information content (AvgIpc) is 3.06. The minimum atomic E-state index is -0.863. The summed E-state index contributed by atoms with van der Waals surface area (Å²) < 4.78 is 0. The second kappa shape index (κ2) is 6.64. The Balaban J connectivity index is 1.75. The molecule has 0 unspecified atom stereocenters. The zero-order valence-corrected chi connectivity index (χ0v) is 15.0. The van der Waals surface area contributed by atoms with Gasteiger partial charge in [0.2, 0.25) is 5.95 Å². The third-order valence-electron chi connectivity index (χ3n) is 4.82. The molecule has 4 rings (SSSR count). The number of aromatic nitrogens is 3. The van der Waals surface area contributed by atoms with Crippen LogP contribution in [0.5, 0.6) is 0 Å². The van der Waals surface area contributed by atoms with Crippen LogP contribution in [0.15, 0.2) is 30.6 Å². The Hall–Kier alpha value is -2.55. The summed E-state index contributed by atoms with van der Waals surface area (Å²) in [6.07, 6.45) is 8.07. The van der Waals surface area contributed by atoms with Gasteiger partial charge in [-0.3, -0.25) is 0 Å². The van der Waals surface area contributed by atoms with Crippen LogP contribution in [-0.4, -0.2) is 25.7 Å². The molecule has 0 amide bonds. The predicted octanol–water partition coefficient (Wildman–Crippen LogP) is 3.91. The lowest BCUT2D eigenvalue weighted by molar-refractivity contribution is 0.0610. The number of benzene rings is 1. The summed E-state index contributed by atoms with van der Waals surface area (Å²) in [5, 5.41) is 12.0. The van der Waals surface area contributed by atoms with Crippen molar-refractivity contribution in [3.63, 3.8) is 0 Å². The van der Waals surface area contributed by atoms with Crippen molar-refractivity contribution in [2.45, 2.75) is 37.7 Å². The maximum atomic E-state index is 10.6. The lowest BCUT2D eigenvalue weighted by Crippen LogP contribution is -2.29. The van der Waals surface area contributed by atoms with E-state index in [1.165, 1.54) is 12.6 Å². The van der Waals surface area contributed by atoms with Crippen LogP contribution in [0.25, 0.3) is 22.2 Å². The number of fused-ring (bicyclic) bond motifs is 1. The molecule has 2 heterocycles. The topological polar surface area (TPSA) is 87.8 Å². The average molecular weight is 367 g/mol. The normalized spacial score (nSPS) is 16.2. The smallest absolute Gasteiger partial charge is 0.220 e. The highest BCUT2D eigenvalue weighted by atomic mass is 35.5. The van der Waals surface area contributed by atoms with Gasteiger partial charge in [0.1, 0.15) is 5.60 Å². The van der Waals surface area contributed by atoms with E-state index >= 15 is 0 Å². The zero-order chi connectivity index (χ0) is 18.1. The maximum Gasteiger partial charge on any atom is 0.220 e. The van der Waals surface area contributed by atoms with Gasteiger partial charge in [0.05, 0.1) is 16.9 Å². The van der Waals surface area contributed by atoms with Crippen LogP contribution >= 0.6 is 11.6 Å². The van der Waals surface area contributed by atoms with E-state index in [4.69, 9.17) is 17.3 Å². The standard InChI is InChI=1S/C20H19ClN4O/c21-16-12-24-19(22)25-18(16)15-11-23-17-5-4-13(10-14(15)17)6-9-20(26)7-2-1-3-8-20/h4-5,10-12,23,26H,1-3,7-8H2,(H2,22,24,25). The van der Waals surface area contributed by atoms with Crippen LogP contribution in [0, 0.1) is 11.8 Å². The first-order valence-corrected chi connectivity index (χ1v) is 9.07. The number of nitrogens with one attached hydrogen (secondary N) is 1. The Kier molecular flexibility index (Phi) is 4.31. The van der Waals surface area contributed by atoms with Gasteiger partial charge in [-0.2, -0.15) is 0 Å². The van der Waals surface area contributed by atoms with E-state index in [0.717, 1.165) is 47.7 Å². The molecule has 0 spiro atoms. The molecule has 4 N–H and O–H groups in total. The van der Waals surface area contributed by atoms with Crippen molar-refractivity contribution < 1.29 is 5.11 Å². The zero-order valence-electron chi connectivity index (χ0n) is 14.2. The number of nitrogens with two attached hydrogens (primary N) is 1. The number of hydrogen-bond acceptors (Lipinski definition) is 4. The Morgan fingerprint density at radius 2 is 2.04 bits per heavy atom. The van der Waals surface area contributed by atoms with Crippen molar-refractivity contribution in [2.75, 3.05) is 5.73 Å². The number of nitrogens with zero attached hydrogens (tertiary/aromatic N) is 2. The molecule has 0 bridgehead atoms. The number of hydrogen-bond donors (Lipinski definition) is 3. The maximum absolute atomic E-state index is 10.6. The van der Waals surface area contributed by atoms with Crippen molar-refractivity contribution in [2.24, 2.45) is 0 Å². The molecule has 6 heteroatoms. The van der Waals surface area contributed by atoms with Gasteiger partial charge in [0, 0.05) is 28.2 Å². The van der Waals surface area contributed by atoms with E-state index < -0.39 is 5.60 Å². The molecule has 0 saturated heterocycles. The van der Waals surface area contributed by atoms with Gasteiger partial charge in [-0.1, -0.05) is 29.9 Å². The first kappa shape index (κ1) is 16.9. The minimum absolute atomic E-state index is 0.175. The lowest BCUT2D eigenvalue weighted by Gasteiger charge is -2.26. The monoisotopic (exact) mass is 366 g/mol. The number of anilines is 1. The number of aliphatic hydroxyl groups is 1. The molecule has 2 aromatic heterocycles. The summed E-state index contributed by atoms with van der Waals surface area (Å²) in [7, 11) is 0. The summed E-state index contributed by atoms with van der Waals surface area (Å²) >= 11 is 6.25. The molecule has 1 aliphatic rings. The van der Waals surface area contributed by atoms with E-state index in [1.54, 1.807) is 0 Å². The summed E-state index contributed by atoms with van der Waals surface area (Å²) in [5.41, 5.74) is 8.08. The van der Waals surface area contributed by atoms with E-state index in [9.17, 15) is 5.11 Å². The number of rotatable bonds is 1. The van der Waals surface area contributed by atoms with Crippen LogP contribution in [0.4, 0.5) is 5.95 Å². The highest BCUT2D eigenvalue weighted by Crippen LogP contribution is 2.33. The SMILES string of the molecule is Nc1ncc(Cl)c(-c2c[nH]c3ccc(C#CC4(O)CCCCC4)cc23)n1. The third kappa shape index (κ3) is 3.26. The summed E-state index contributed by atoms with van der Waals surface area (Å²) in [6.45, 7) is 0. The fourth-order valence-electron chi connectivity index (χ4n) is 3.41. The second-order valence-electron chi connectivity index (χ2n) is 6.73. The summed E-state index contributed by atoms with van der Waals surface area (Å²) in [4.78, 5) is 11.4. The van der Waals surface area contributed by atoms with Gasteiger partial charge in [0.25, 0.3) is 0 Å². The Bertz CT molecular complexity index is 1030. The largest absolute Gasteiger partial charge is 0.378 e. The summed E-state index contributed by atoms with van der Waals surface area (Å²) in [5.74, 6) is 6.39. The molecule has 26 heavy (non-hydrogen) atoms. The highest BCUT2D eigenvalue weighted by molar-refractivity contribution is 6.33. The van der Waals surface area contributed by atoms with Gasteiger partial charge in [-0.25, -0.2) is 9.97 Å². The molecule has 0 radical (unpaired) electrons. The molecule has 1 fully saturated rings. The molecule has 3 aromatic rings. The summed E-state index contributed by atoms with van der Waals surface area (Å²) in [6, 6.07) is 5.89. The molecule has 0 aliphatic heterocycles. The van der Waals surface area contributed by atoms with Crippen LogP contribution < -0.4 is 5.73 Å². The number of H-pyrrole nitrogens is 1. The molecule has 5 nitrogen and oxygen atoms in total. The Labute approximate surface area is 156 Å². The van der Waals surface area contributed by atoms with Gasteiger partial charge < -0.3 is 15.8 Å². The quantitative estimate of drug-likeness (QED) is 0.570. The van der Waals surface area contributed by atoms with Crippen LogP contribution in [-0.2, 0) is 0 Å². The van der Waals surface area contributed by atoms with Crippen molar-refractivity contribution in [3.05, 3.63) is 41.2 Å². The molecular formula is C20H19ClN4O. The first-order valence-electron chi connectivity index (χ1n) is 8.69. The van der Waals surface area contributed by atoms with Crippen LogP contribution in [0.1, 0.15) is 37.7 Å². The van der Waals surface area contributed by atoms with Crippen molar-refractivity contribution in [3.8, 4) is 23.1 Å². The molecule has 0 atom stereocenters. The number of nitrogen functional groups attached to an aromatic ring is 1. The lowest BCUT2D eigenvalue weighted by atomic mass is 9.85. The molecule has 132 valence electrons. The fourth-order valence-corrected chi connectivity index (χ4v) is 3.61. The van der Waals surface area contributed by atoms with Gasteiger partial charge >= 0.3 is 0 Å². The van der Waals surface area contributed by atoms with Crippen molar-refractivity contribution in [1.82, 2.24) is 15.0 Å². The van der Waals surface area contributed by atoms with Crippen LogP contribution in [0.2, 0.25) is 5.02 Å². The van der Waals surface area contributed by atoms with Crippen molar-refractivity contribution >= 4 is 28.5 Å². The Morgan fingerprint density at radius 3 is 2.85 bits per heavy atom. The molecule has 1 saturated carbocycles. The van der Waals surface area contributed by atoms with Gasteiger partial charge in [-0.15, -0.1) is 0 Å². The molecule has 1 aromatic carbocycles. The van der Waals surface area contributed by atoms with E-state index in [-0.39, 0.29) is 5.95 Å². The van der Waals surface area contributed by atoms with E-state index in [0.29, 0.717) is 10.7 Å². The van der Waals surface area contributed by atoms with E-state index in [1.807, 2.05) is 24.4 Å². The fraction of sp³-hybridized carbons (Fsp3) is 0.300.